The molecule has 6 nitrogen and oxygen atoms in total. The molecule has 0 spiro atoms. The zero-order valence-electron chi connectivity index (χ0n) is 14.6. The lowest BCUT2D eigenvalue weighted by Crippen LogP contribution is -2.46. The Labute approximate surface area is 144 Å². The van der Waals surface area contributed by atoms with Gasteiger partial charge in [-0.3, -0.25) is 4.79 Å². The Balaban J connectivity index is 2.10. The van der Waals surface area contributed by atoms with E-state index in [2.05, 4.69) is 10.0 Å². The summed E-state index contributed by atoms with van der Waals surface area (Å²) >= 11 is 0. The molecule has 1 aromatic rings. The molecular weight excluding hydrogens is 326 g/mol. The summed E-state index contributed by atoms with van der Waals surface area (Å²) in [6, 6.07) is 6.43. The summed E-state index contributed by atoms with van der Waals surface area (Å²) in [7, 11) is -3.56. The standard InChI is InChI=1S/C17H27N3O3S/c1-4-20(5-2)17(21)14-6-8-16(9-7-14)24(22,23)19-15-10-11-18-13(3)12-15/h6-9,13,15,18-19H,4-5,10-12H2,1-3H3. The Bertz CT molecular complexity index is 654. The fraction of sp³-hybridized carbons (Fsp3) is 0.588. The monoisotopic (exact) mass is 353 g/mol. The summed E-state index contributed by atoms with van der Waals surface area (Å²) in [5.41, 5.74) is 0.508. The van der Waals surface area contributed by atoms with Crippen LogP contribution < -0.4 is 10.0 Å². The van der Waals surface area contributed by atoms with E-state index in [9.17, 15) is 13.2 Å². The van der Waals surface area contributed by atoms with E-state index in [0.29, 0.717) is 24.7 Å². The molecule has 2 N–H and O–H groups in total. The maximum absolute atomic E-state index is 12.5. The molecule has 7 heteroatoms. The van der Waals surface area contributed by atoms with Gasteiger partial charge in [-0.15, -0.1) is 0 Å². The van der Waals surface area contributed by atoms with E-state index < -0.39 is 10.0 Å². The normalized spacial score (nSPS) is 21.5. The van der Waals surface area contributed by atoms with Crippen LogP contribution in [0.4, 0.5) is 0 Å². The third-order valence-electron chi connectivity index (χ3n) is 4.41. The van der Waals surface area contributed by atoms with Crippen LogP contribution in [0, 0.1) is 0 Å². The molecule has 2 unspecified atom stereocenters. The number of nitrogens with one attached hydrogen (secondary N) is 2. The number of piperidine rings is 1. The van der Waals surface area contributed by atoms with Gasteiger partial charge in [-0.2, -0.15) is 0 Å². The Morgan fingerprint density at radius 2 is 1.88 bits per heavy atom. The number of carbonyl (C=O) groups excluding carboxylic acids is 1. The van der Waals surface area contributed by atoms with E-state index in [1.807, 2.05) is 20.8 Å². The number of benzene rings is 1. The molecule has 1 amide bonds. The first kappa shape index (κ1) is 18.9. The summed E-state index contributed by atoms with van der Waals surface area (Å²) in [5.74, 6) is -0.0795. The average molecular weight is 353 g/mol. The quantitative estimate of drug-likeness (QED) is 0.814. The van der Waals surface area contributed by atoms with E-state index in [-0.39, 0.29) is 16.8 Å². The van der Waals surface area contributed by atoms with Gasteiger partial charge >= 0.3 is 0 Å². The largest absolute Gasteiger partial charge is 0.339 e. The third kappa shape index (κ3) is 4.55. The SMILES string of the molecule is CCN(CC)C(=O)c1ccc(S(=O)(=O)NC2CCNC(C)C2)cc1. The van der Waals surface area contributed by atoms with Crippen molar-refractivity contribution in [1.82, 2.24) is 14.9 Å². The van der Waals surface area contributed by atoms with Crippen molar-refractivity contribution in [2.24, 2.45) is 0 Å². The number of hydrogen-bond donors (Lipinski definition) is 2. The van der Waals surface area contributed by atoms with Crippen molar-refractivity contribution in [3.8, 4) is 0 Å². The highest BCUT2D eigenvalue weighted by Gasteiger charge is 2.24. The third-order valence-corrected chi connectivity index (χ3v) is 5.94. The molecular formula is C17H27N3O3S. The minimum absolute atomic E-state index is 0.0526. The number of amides is 1. The van der Waals surface area contributed by atoms with Crippen molar-refractivity contribution in [3.63, 3.8) is 0 Å². The van der Waals surface area contributed by atoms with Gasteiger partial charge in [-0.1, -0.05) is 0 Å². The Morgan fingerprint density at radius 1 is 1.25 bits per heavy atom. The summed E-state index contributed by atoms with van der Waals surface area (Å²) in [6.45, 7) is 7.96. The van der Waals surface area contributed by atoms with E-state index in [0.717, 1.165) is 19.4 Å². The lowest BCUT2D eigenvalue weighted by Gasteiger charge is -2.28. The molecule has 1 heterocycles. The molecule has 1 aromatic carbocycles. The van der Waals surface area contributed by atoms with Crippen molar-refractivity contribution in [2.45, 2.75) is 50.6 Å². The molecule has 24 heavy (non-hydrogen) atoms. The summed E-state index contributed by atoms with van der Waals surface area (Å²) < 4.78 is 27.8. The highest BCUT2D eigenvalue weighted by molar-refractivity contribution is 7.89. The second-order valence-corrected chi connectivity index (χ2v) is 7.91. The molecule has 0 saturated carbocycles. The van der Waals surface area contributed by atoms with Crippen molar-refractivity contribution >= 4 is 15.9 Å². The fourth-order valence-corrected chi connectivity index (χ4v) is 4.28. The number of carbonyl (C=O) groups is 1. The van der Waals surface area contributed by atoms with Crippen molar-refractivity contribution in [1.29, 1.82) is 0 Å². The molecule has 1 saturated heterocycles. The molecule has 0 radical (unpaired) electrons. The molecule has 0 aromatic heterocycles. The minimum Gasteiger partial charge on any atom is -0.339 e. The predicted molar refractivity (Wildman–Crippen MR) is 94.5 cm³/mol. The summed E-state index contributed by atoms with van der Waals surface area (Å²) in [6.07, 6.45) is 1.56. The predicted octanol–water partition coefficient (Wildman–Crippen LogP) is 1.59. The molecule has 1 aliphatic rings. The van der Waals surface area contributed by atoms with E-state index in [1.54, 1.807) is 17.0 Å². The van der Waals surface area contributed by atoms with Gasteiger partial charge in [-0.25, -0.2) is 13.1 Å². The Morgan fingerprint density at radius 3 is 2.42 bits per heavy atom. The molecule has 1 fully saturated rings. The van der Waals surface area contributed by atoms with Crippen LogP contribution in [0.5, 0.6) is 0 Å². The summed E-state index contributed by atoms with van der Waals surface area (Å²) in [4.78, 5) is 14.2. The lowest BCUT2D eigenvalue weighted by molar-refractivity contribution is 0.0773. The minimum atomic E-state index is -3.56. The van der Waals surface area contributed by atoms with Crippen molar-refractivity contribution < 1.29 is 13.2 Å². The van der Waals surface area contributed by atoms with E-state index >= 15 is 0 Å². The van der Waals surface area contributed by atoms with Crippen molar-refractivity contribution in [3.05, 3.63) is 29.8 Å². The second-order valence-electron chi connectivity index (χ2n) is 6.20. The average Bonchev–Trinajstić information content (AvgIpc) is 2.55. The molecule has 0 bridgehead atoms. The van der Waals surface area contributed by atoms with Crippen LogP contribution in [0.25, 0.3) is 0 Å². The highest BCUT2D eigenvalue weighted by Crippen LogP contribution is 2.16. The van der Waals surface area contributed by atoms with Crippen LogP contribution in [-0.2, 0) is 10.0 Å². The first-order valence-corrected chi connectivity index (χ1v) is 10.0. The maximum atomic E-state index is 12.5. The van der Waals surface area contributed by atoms with Gasteiger partial charge in [0, 0.05) is 30.7 Å². The highest BCUT2D eigenvalue weighted by atomic mass is 32.2. The van der Waals surface area contributed by atoms with Gasteiger partial charge in [-0.05, 0) is 64.4 Å². The zero-order chi connectivity index (χ0) is 17.7. The van der Waals surface area contributed by atoms with Crippen molar-refractivity contribution in [2.75, 3.05) is 19.6 Å². The Kier molecular flexibility index (Phi) is 6.37. The molecule has 2 atom stereocenters. The van der Waals surface area contributed by atoms with E-state index in [1.165, 1.54) is 12.1 Å². The zero-order valence-corrected chi connectivity index (χ0v) is 15.4. The number of nitrogens with zero attached hydrogens (tertiary/aromatic N) is 1. The lowest BCUT2D eigenvalue weighted by atomic mass is 10.0. The molecule has 134 valence electrons. The van der Waals surface area contributed by atoms with Crippen LogP contribution in [0.1, 0.15) is 44.0 Å². The van der Waals surface area contributed by atoms with Gasteiger partial charge in [0.15, 0.2) is 0 Å². The molecule has 1 aliphatic heterocycles. The van der Waals surface area contributed by atoms with Gasteiger partial charge in [0.25, 0.3) is 5.91 Å². The topological polar surface area (TPSA) is 78.5 Å². The first-order valence-electron chi connectivity index (χ1n) is 8.52. The number of hydrogen-bond acceptors (Lipinski definition) is 4. The van der Waals surface area contributed by atoms with Crippen LogP contribution in [0.3, 0.4) is 0 Å². The molecule has 2 rings (SSSR count). The number of sulfonamides is 1. The Hall–Kier alpha value is -1.44. The van der Waals surface area contributed by atoms with Gasteiger partial charge in [0.1, 0.15) is 0 Å². The fourth-order valence-electron chi connectivity index (χ4n) is 3.00. The molecule has 0 aliphatic carbocycles. The van der Waals surface area contributed by atoms with Gasteiger partial charge in [0.2, 0.25) is 10.0 Å². The summed E-state index contributed by atoms with van der Waals surface area (Å²) in [5, 5.41) is 3.30. The first-order chi connectivity index (χ1) is 11.4. The van der Waals surface area contributed by atoms with E-state index in [4.69, 9.17) is 0 Å². The van der Waals surface area contributed by atoms with Crippen LogP contribution in [0.15, 0.2) is 29.2 Å². The maximum Gasteiger partial charge on any atom is 0.253 e. The van der Waals surface area contributed by atoms with Crippen LogP contribution in [0.2, 0.25) is 0 Å². The van der Waals surface area contributed by atoms with Gasteiger partial charge in [0.05, 0.1) is 4.90 Å². The number of rotatable bonds is 6. The second kappa shape index (κ2) is 8.09. The van der Waals surface area contributed by atoms with Gasteiger partial charge < -0.3 is 10.2 Å². The smallest absolute Gasteiger partial charge is 0.253 e. The van der Waals surface area contributed by atoms with Crippen LogP contribution >= 0.6 is 0 Å². The van der Waals surface area contributed by atoms with Crippen LogP contribution in [-0.4, -0.2) is 50.9 Å².